The Hall–Kier alpha value is -2.58. The molecule has 2 aromatic carbocycles. The predicted molar refractivity (Wildman–Crippen MR) is 144 cm³/mol. The molecule has 3 atom stereocenters. The van der Waals surface area contributed by atoms with Crippen molar-refractivity contribution in [3.8, 4) is 11.1 Å². The third-order valence-electron chi connectivity index (χ3n) is 5.90. The van der Waals surface area contributed by atoms with Crippen LogP contribution >= 0.6 is 0 Å². The zero-order valence-electron chi connectivity index (χ0n) is 22.1. The lowest BCUT2D eigenvalue weighted by Crippen LogP contribution is -2.61. The Labute approximate surface area is 210 Å². The Bertz CT molecular complexity index is 927. The molecule has 0 bridgehead atoms. The van der Waals surface area contributed by atoms with Crippen molar-refractivity contribution >= 4 is 5.84 Å². The second-order valence-corrected chi connectivity index (χ2v) is 8.74. The molecule has 4 rings (SSSR count). The molecule has 0 saturated carbocycles. The minimum atomic E-state index is -0.830. The number of hydrogen-bond acceptors (Lipinski definition) is 6. The Kier molecular flexibility index (Phi) is 12.3. The van der Waals surface area contributed by atoms with Crippen LogP contribution in [0.5, 0.6) is 0 Å². The number of piperidine rings is 1. The first-order valence-corrected chi connectivity index (χ1v) is 12.1. The number of hydroxylamine groups is 1. The van der Waals surface area contributed by atoms with Gasteiger partial charge < -0.3 is 16.2 Å². The van der Waals surface area contributed by atoms with Gasteiger partial charge in [-0.1, -0.05) is 56.3 Å². The summed E-state index contributed by atoms with van der Waals surface area (Å²) >= 11 is 0. The third kappa shape index (κ3) is 7.45. The number of benzene rings is 2. The standard InChI is InChI=1S/C23H29FN4O.C2H6.C2H4.CH4O/c1-22(2,25)20-18(8-6-14-26-20)21-27-23(3,29-28-21)16-12-10-15(11-13-16)17-7-4-5-9-19(17)24;3*1-2/h4-5,7,9-13,18,20,26H,6,8,14,25H2,1-3H3,(H,27,28);1-2H3;1-2H2;2H,1H3. The molecule has 1 saturated heterocycles. The van der Waals surface area contributed by atoms with Crippen LogP contribution in [0.1, 0.15) is 53.0 Å². The number of nitrogens with zero attached hydrogens (tertiary/aromatic N) is 1. The summed E-state index contributed by atoms with van der Waals surface area (Å²) in [6, 6.07) is 14.6. The van der Waals surface area contributed by atoms with Gasteiger partial charge >= 0.3 is 0 Å². The van der Waals surface area contributed by atoms with Gasteiger partial charge in [0, 0.05) is 35.7 Å². The van der Waals surface area contributed by atoms with Crippen molar-refractivity contribution in [3.05, 3.63) is 73.1 Å². The van der Waals surface area contributed by atoms with Crippen molar-refractivity contribution in [3.63, 3.8) is 0 Å². The van der Waals surface area contributed by atoms with Crippen LogP contribution in [0.15, 0.2) is 66.7 Å². The molecule has 35 heavy (non-hydrogen) atoms. The lowest BCUT2D eigenvalue weighted by atomic mass is 9.79. The van der Waals surface area contributed by atoms with Gasteiger partial charge in [0.05, 0.1) is 0 Å². The molecule has 0 aliphatic carbocycles. The zero-order valence-corrected chi connectivity index (χ0v) is 22.1. The van der Waals surface area contributed by atoms with Crippen molar-refractivity contribution in [1.29, 1.82) is 0 Å². The van der Waals surface area contributed by atoms with Crippen LogP contribution < -0.4 is 16.5 Å². The normalized spacial score (nSPS) is 23.2. The van der Waals surface area contributed by atoms with Crippen molar-refractivity contribution in [1.82, 2.24) is 10.8 Å². The highest BCUT2D eigenvalue weighted by Crippen LogP contribution is 2.35. The van der Waals surface area contributed by atoms with E-state index in [1.54, 1.807) is 12.1 Å². The zero-order chi connectivity index (χ0) is 26.6. The van der Waals surface area contributed by atoms with Crippen LogP contribution in [-0.4, -0.2) is 36.2 Å². The number of aliphatic hydroxyl groups excluding tert-OH is 1. The maximum absolute atomic E-state index is 14.1. The average molecular weight is 487 g/mol. The van der Waals surface area contributed by atoms with E-state index in [0.29, 0.717) is 5.56 Å². The highest BCUT2D eigenvalue weighted by atomic mass is 19.1. The molecule has 0 amide bonds. The van der Waals surface area contributed by atoms with Crippen molar-refractivity contribution < 1.29 is 14.3 Å². The van der Waals surface area contributed by atoms with Gasteiger partial charge in [-0.3, -0.25) is 0 Å². The number of aliphatic hydroxyl groups is 1. The van der Waals surface area contributed by atoms with Gasteiger partial charge in [-0.25, -0.2) is 19.7 Å². The van der Waals surface area contributed by atoms with E-state index in [9.17, 15) is 4.39 Å². The van der Waals surface area contributed by atoms with E-state index in [1.807, 2.05) is 65.0 Å². The van der Waals surface area contributed by atoms with Crippen molar-refractivity contribution in [2.45, 2.75) is 64.8 Å². The fourth-order valence-electron chi connectivity index (χ4n) is 4.33. The summed E-state index contributed by atoms with van der Waals surface area (Å²) in [6.45, 7) is 17.0. The molecule has 0 aromatic heterocycles. The molecular weight excluding hydrogens is 443 g/mol. The molecule has 2 aliphatic rings. The molecule has 2 aliphatic heterocycles. The molecule has 7 heteroatoms. The van der Waals surface area contributed by atoms with Crippen molar-refractivity contribution in [2.24, 2.45) is 16.6 Å². The van der Waals surface area contributed by atoms with Crippen LogP contribution in [0, 0.1) is 11.7 Å². The maximum atomic E-state index is 14.1. The number of amidine groups is 1. The van der Waals surface area contributed by atoms with E-state index in [4.69, 9.17) is 20.7 Å². The fourth-order valence-corrected chi connectivity index (χ4v) is 4.33. The molecule has 0 radical (unpaired) electrons. The highest BCUT2D eigenvalue weighted by molar-refractivity contribution is 5.86. The third-order valence-corrected chi connectivity index (χ3v) is 5.90. The topological polar surface area (TPSA) is 91.9 Å². The fraction of sp³-hybridized carbons (Fsp3) is 0.464. The highest BCUT2D eigenvalue weighted by Gasteiger charge is 2.42. The quantitative estimate of drug-likeness (QED) is 0.449. The van der Waals surface area contributed by atoms with Crippen LogP contribution in [0.2, 0.25) is 0 Å². The molecule has 3 unspecified atom stereocenters. The Balaban J connectivity index is 0.000000949. The van der Waals surface area contributed by atoms with Gasteiger partial charge in [-0.05, 0) is 51.8 Å². The first-order chi connectivity index (χ1) is 16.8. The SMILES string of the molecule is C=C.CC.CC1(c2ccc(-c3ccccc3F)cc2)N=C(C2CCCNC2C(C)(C)N)NO1.CO. The summed E-state index contributed by atoms with van der Waals surface area (Å²) in [7, 11) is 1.00. The van der Waals surface area contributed by atoms with Crippen LogP contribution in [0.25, 0.3) is 11.1 Å². The molecule has 2 heterocycles. The largest absolute Gasteiger partial charge is 0.400 e. The van der Waals surface area contributed by atoms with Gasteiger partial charge in [-0.2, -0.15) is 0 Å². The molecule has 1 fully saturated rings. The van der Waals surface area contributed by atoms with E-state index in [-0.39, 0.29) is 23.3 Å². The lowest BCUT2D eigenvalue weighted by Gasteiger charge is -2.40. The van der Waals surface area contributed by atoms with Crippen LogP contribution in [0.3, 0.4) is 0 Å². The second kappa shape index (κ2) is 14.1. The predicted octanol–water partition coefficient (Wildman–Crippen LogP) is 5.14. The maximum Gasteiger partial charge on any atom is 0.209 e. The summed E-state index contributed by atoms with van der Waals surface area (Å²) in [5.74, 6) is 0.774. The monoisotopic (exact) mass is 486 g/mol. The second-order valence-electron chi connectivity index (χ2n) is 8.74. The van der Waals surface area contributed by atoms with Crippen molar-refractivity contribution in [2.75, 3.05) is 13.7 Å². The first-order valence-electron chi connectivity index (χ1n) is 12.1. The number of nitrogens with two attached hydrogens (primary N) is 1. The number of nitrogens with one attached hydrogen (secondary N) is 2. The molecule has 5 N–H and O–H groups in total. The van der Waals surface area contributed by atoms with E-state index in [2.05, 4.69) is 24.0 Å². The van der Waals surface area contributed by atoms with Gasteiger partial charge in [0.15, 0.2) is 0 Å². The number of halogens is 1. The number of rotatable bonds is 4. The minimum Gasteiger partial charge on any atom is -0.400 e. The van der Waals surface area contributed by atoms with E-state index in [1.165, 1.54) is 6.07 Å². The van der Waals surface area contributed by atoms with E-state index >= 15 is 0 Å². The number of hydrogen-bond donors (Lipinski definition) is 4. The lowest BCUT2D eigenvalue weighted by molar-refractivity contribution is -0.0464. The molecule has 2 aromatic rings. The molecule has 194 valence electrons. The number of aliphatic imine (C=N–C) groups is 1. The average Bonchev–Trinajstić information content (AvgIpc) is 3.31. The minimum absolute atomic E-state index is 0.122. The van der Waals surface area contributed by atoms with E-state index < -0.39 is 5.72 Å². The molecular formula is C28H43FN4O2. The Morgan fingerprint density at radius 1 is 1.11 bits per heavy atom. The summed E-state index contributed by atoms with van der Waals surface area (Å²) in [4.78, 5) is 10.8. The van der Waals surface area contributed by atoms with Gasteiger partial charge in [0.1, 0.15) is 11.7 Å². The van der Waals surface area contributed by atoms with Crippen LogP contribution in [0.4, 0.5) is 4.39 Å². The van der Waals surface area contributed by atoms with Gasteiger partial charge in [0.25, 0.3) is 0 Å². The Morgan fingerprint density at radius 2 is 1.71 bits per heavy atom. The first kappa shape index (κ1) is 30.5. The van der Waals surface area contributed by atoms with Gasteiger partial charge in [-0.15, -0.1) is 13.2 Å². The summed E-state index contributed by atoms with van der Waals surface area (Å²) in [5.41, 5.74) is 10.6. The molecule has 0 spiro atoms. The molecule has 6 nitrogen and oxygen atoms in total. The Morgan fingerprint density at radius 3 is 2.29 bits per heavy atom. The smallest absolute Gasteiger partial charge is 0.209 e. The summed E-state index contributed by atoms with van der Waals surface area (Å²) in [5, 5.41) is 10.5. The van der Waals surface area contributed by atoms with Gasteiger partial charge in [0.2, 0.25) is 5.72 Å². The van der Waals surface area contributed by atoms with E-state index in [0.717, 1.165) is 43.5 Å². The summed E-state index contributed by atoms with van der Waals surface area (Å²) in [6.07, 6.45) is 2.09. The summed E-state index contributed by atoms with van der Waals surface area (Å²) < 4.78 is 14.1. The van der Waals surface area contributed by atoms with Crippen LogP contribution in [-0.2, 0) is 10.6 Å².